The fourth-order valence-electron chi connectivity index (χ4n) is 2.08. The molecular formula is C17H18N4. The Labute approximate surface area is 124 Å². The molecule has 0 aliphatic rings. The van der Waals surface area contributed by atoms with Gasteiger partial charge in [0.1, 0.15) is 5.82 Å². The van der Waals surface area contributed by atoms with Gasteiger partial charge in [0, 0.05) is 0 Å². The molecule has 0 radical (unpaired) electrons. The number of benzene rings is 2. The number of rotatable bonds is 2. The first-order chi connectivity index (χ1) is 10.3. The minimum absolute atomic E-state index is 0.404. The van der Waals surface area contributed by atoms with Gasteiger partial charge in [-0.1, -0.05) is 32.0 Å². The summed E-state index contributed by atoms with van der Waals surface area (Å²) in [4.78, 5) is 7.56. The van der Waals surface area contributed by atoms with E-state index in [-0.39, 0.29) is 0 Å². The number of H-pyrrole nitrogens is 1. The molecule has 3 rings (SSSR count). The van der Waals surface area contributed by atoms with Crippen molar-refractivity contribution in [2.24, 2.45) is 5.73 Å². The van der Waals surface area contributed by atoms with E-state index in [1.807, 2.05) is 56.3 Å². The molecule has 0 amide bonds. The monoisotopic (exact) mass is 278 g/mol. The maximum absolute atomic E-state index is 8.80. The predicted molar refractivity (Wildman–Crippen MR) is 85.5 cm³/mol. The lowest BCUT2D eigenvalue weighted by atomic mass is 10.0. The molecule has 0 unspecified atom stereocenters. The molecule has 4 heteroatoms. The molecule has 3 aromatic rings. The Morgan fingerprint density at radius 1 is 1.10 bits per heavy atom. The van der Waals surface area contributed by atoms with Crippen LogP contribution in [0.25, 0.3) is 22.2 Å². The number of fused-ring (bicyclic) bond motifs is 1. The Hall–Kier alpha value is -2.64. The van der Waals surface area contributed by atoms with Crippen LogP contribution < -0.4 is 5.73 Å². The van der Waals surface area contributed by atoms with Gasteiger partial charge in [0.25, 0.3) is 0 Å². The molecule has 3 N–H and O–H groups in total. The fourth-order valence-corrected chi connectivity index (χ4v) is 2.08. The van der Waals surface area contributed by atoms with E-state index in [9.17, 15) is 0 Å². The molecule has 4 nitrogen and oxygen atoms in total. The second-order valence-electron chi connectivity index (χ2n) is 4.31. The van der Waals surface area contributed by atoms with Crippen LogP contribution >= 0.6 is 0 Å². The van der Waals surface area contributed by atoms with Gasteiger partial charge in [0.2, 0.25) is 0 Å². The van der Waals surface area contributed by atoms with E-state index in [1.165, 1.54) is 0 Å². The zero-order valence-electron chi connectivity index (χ0n) is 12.2. The Kier molecular flexibility index (Phi) is 4.70. The van der Waals surface area contributed by atoms with Crippen LogP contribution in [0, 0.1) is 11.3 Å². The van der Waals surface area contributed by atoms with Crippen molar-refractivity contribution in [3.8, 4) is 17.2 Å². The lowest BCUT2D eigenvalue weighted by molar-refractivity contribution is 0.958. The Balaban J connectivity index is 0.000000774. The molecule has 1 heterocycles. The average molecular weight is 278 g/mol. The van der Waals surface area contributed by atoms with Crippen molar-refractivity contribution in [1.82, 2.24) is 9.97 Å². The van der Waals surface area contributed by atoms with Crippen molar-refractivity contribution in [2.75, 3.05) is 0 Å². The van der Waals surface area contributed by atoms with Crippen molar-refractivity contribution in [2.45, 2.75) is 20.4 Å². The van der Waals surface area contributed by atoms with E-state index in [0.29, 0.717) is 12.1 Å². The third kappa shape index (κ3) is 3.10. The predicted octanol–water partition coefficient (Wildman–Crippen LogP) is 3.59. The summed E-state index contributed by atoms with van der Waals surface area (Å²) in [7, 11) is 0. The quantitative estimate of drug-likeness (QED) is 0.752. The number of nitrogens with zero attached hydrogens (tertiary/aromatic N) is 2. The van der Waals surface area contributed by atoms with E-state index >= 15 is 0 Å². The van der Waals surface area contributed by atoms with Crippen molar-refractivity contribution in [1.29, 1.82) is 5.26 Å². The van der Waals surface area contributed by atoms with Crippen LogP contribution in [0.4, 0.5) is 0 Å². The van der Waals surface area contributed by atoms with Gasteiger partial charge < -0.3 is 10.7 Å². The molecule has 0 fully saturated rings. The largest absolute Gasteiger partial charge is 0.341 e. The Bertz CT molecular complexity index is 764. The smallest absolute Gasteiger partial charge is 0.121 e. The van der Waals surface area contributed by atoms with Crippen LogP contribution in [0.15, 0.2) is 42.5 Å². The lowest BCUT2D eigenvalue weighted by Crippen LogP contribution is -1.97. The molecule has 106 valence electrons. The summed E-state index contributed by atoms with van der Waals surface area (Å²) in [6.07, 6.45) is 0. The third-order valence-electron chi connectivity index (χ3n) is 3.07. The standard InChI is InChI=1S/C15H12N4.C2H6/c16-8-10-1-3-11(4-2-10)12-5-6-13-14(7-12)19-15(9-17)18-13;1-2/h1-7H,9,17H2,(H,18,19);1-2H3. The van der Waals surface area contributed by atoms with E-state index in [4.69, 9.17) is 11.0 Å². The molecule has 0 bridgehead atoms. The first-order valence-electron chi connectivity index (χ1n) is 6.99. The molecule has 0 saturated carbocycles. The molecule has 0 atom stereocenters. The van der Waals surface area contributed by atoms with E-state index < -0.39 is 0 Å². The second kappa shape index (κ2) is 6.69. The minimum atomic E-state index is 0.404. The first kappa shape index (κ1) is 14.8. The molecule has 2 aromatic carbocycles. The van der Waals surface area contributed by atoms with Crippen LogP contribution in [-0.2, 0) is 6.54 Å². The molecule has 0 aliphatic heterocycles. The molecule has 0 aliphatic carbocycles. The highest BCUT2D eigenvalue weighted by molar-refractivity contribution is 5.82. The van der Waals surface area contributed by atoms with Crippen molar-refractivity contribution in [3.05, 3.63) is 53.9 Å². The summed E-state index contributed by atoms with van der Waals surface area (Å²) in [5.74, 6) is 0.784. The molecule has 21 heavy (non-hydrogen) atoms. The number of hydrogen-bond donors (Lipinski definition) is 2. The average Bonchev–Trinajstić information content (AvgIpc) is 2.99. The van der Waals surface area contributed by atoms with Crippen molar-refractivity contribution < 1.29 is 0 Å². The molecule has 0 saturated heterocycles. The lowest BCUT2D eigenvalue weighted by Gasteiger charge is -2.01. The number of imidazole rings is 1. The van der Waals surface area contributed by atoms with Gasteiger partial charge in [-0.05, 0) is 35.4 Å². The van der Waals surface area contributed by atoms with Crippen LogP contribution in [0.2, 0.25) is 0 Å². The highest BCUT2D eigenvalue weighted by Gasteiger charge is 2.04. The third-order valence-corrected chi connectivity index (χ3v) is 3.07. The summed E-state index contributed by atoms with van der Waals surface area (Å²) in [6, 6.07) is 15.7. The zero-order chi connectivity index (χ0) is 15.2. The van der Waals surface area contributed by atoms with Crippen LogP contribution in [0.3, 0.4) is 0 Å². The molecular weight excluding hydrogens is 260 g/mol. The number of aromatic amines is 1. The van der Waals surface area contributed by atoms with Crippen LogP contribution in [0.1, 0.15) is 25.2 Å². The van der Waals surface area contributed by atoms with Gasteiger partial charge in [0.05, 0.1) is 29.2 Å². The van der Waals surface area contributed by atoms with Gasteiger partial charge in [0.15, 0.2) is 0 Å². The van der Waals surface area contributed by atoms with E-state index in [0.717, 1.165) is 28.0 Å². The fraction of sp³-hybridized carbons (Fsp3) is 0.176. The van der Waals surface area contributed by atoms with Gasteiger partial charge in [-0.15, -0.1) is 0 Å². The maximum atomic E-state index is 8.80. The Morgan fingerprint density at radius 2 is 1.76 bits per heavy atom. The van der Waals surface area contributed by atoms with Crippen LogP contribution in [0.5, 0.6) is 0 Å². The van der Waals surface area contributed by atoms with Gasteiger partial charge in [-0.3, -0.25) is 0 Å². The second-order valence-corrected chi connectivity index (χ2v) is 4.31. The Morgan fingerprint density at radius 3 is 2.38 bits per heavy atom. The van der Waals surface area contributed by atoms with E-state index in [2.05, 4.69) is 16.0 Å². The van der Waals surface area contributed by atoms with Crippen LogP contribution in [-0.4, -0.2) is 9.97 Å². The number of nitrogens with one attached hydrogen (secondary N) is 1. The number of nitriles is 1. The topological polar surface area (TPSA) is 78.5 Å². The van der Waals surface area contributed by atoms with E-state index in [1.54, 1.807) is 0 Å². The molecule has 0 spiro atoms. The number of aromatic nitrogens is 2. The van der Waals surface area contributed by atoms with Gasteiger partial charge >= 0.3 is 0 Å². The van der Waals surface area contributed by atoms with Crippen molar-refractivity contribution >= 4 is 11.0 Å². The SMILES string of the molecule is CC.N#Cc1ccc(-c2ccc3nc(CN)[nH]c3c2)cc1. The number of hydrogen-bond acceptors (Lipinski definition) is 3. The first-order valence-corrected chi connectivity index (χ1v) is 6.99. The highest BCUT2D eigenvalue weighted by atomic mass is 14.9. The summed E-state index contributed by atoms with van der Waals surface area (Å²) < 4.78 is 0. The summed E-state index contributed by atoms with van der Waals surface area (Å²) in [6.45, 7) is 4.40. The van der Waals surface area contributed by atoms with Gasteiger partial charge in [-0.25, -0.2) is 4.98 Å². The normalized spacial score (nSPS) is 9.81. The summed E-state index contributed by atoms with van der Waals surface area (Å²) >= 11 is 0. The highest BCUT2D eigenvalue weighted by Crippen LogP contribution is 2.23. The minimum Gasteiger partial charge on any atom is -0.341 e. The summed E-state index contributed by atoms with van der Waals surface area (Å²) in [5.41, 5.74) is 10.3. The number of nitrogens with two attached hydrogens (primary N) is 1. The maximum Gasteiger partial charge on any atom is 0.121 e. The van der Waals surface area contributed by atoms with Gasteiger partial charge in [-0.2, -0.15) is 5.26 Å². The summed E-state index contributed by atoms with van der Waals surface area (Å²) in [5, 5.41) is 8.80. The molecule has 1 aromatic heterocycles. The zero-order valence-corrected chi connectivity index (χ0v) is 12.2. The van der Waals surface area contributed by atoms with Crippen molar-refractivity contribution in [3.63, 3.8) is 0 Å².